The predicted octanol–water partition coefficient (Wildman–Crippen LogP) is 1.72. The van der Waals surface area contributed by atoms with Crippen LogP contribution in [0.2, 0.25) is 0 Å². The van der Waals surface area contributed by atoms with Gasteiger partial charge in [0.25, 0.3) is 5.91 Å². The minimum Gasteiger partial charge on any atom is -0.411 e. The quantitative estimate of drug-likeness (QED) is 0.344. The number of aromatic nitrogens is 1. The second-order valence-corrected chi connectivity index (χ2v) is 5.03. The minimum absolute atomic E-state index is 0.220. The third kappa shape index (κ3) is 4.24. The number of amides is 1. The molecular weight excluding hydrogens is 288 g/mol. The Morgan fingerprint density at radius 3 is 2.73 bits per heavy atom. The standard InChI is InChI=1S/C14H20N4O4/c1-4-12(10(3)18(21)22)13(9(2)17-20)16-14(19)11-6-5-7-15-8-11/h5-8,10,12-13,20H,4H2,1-3H3,(H,16,19). The SMILES string of the molecule is CCC(C(NC(=O)c1cccnc1)C(C)=NO)C(C)[N+](=O)[O-]. The summed E-state index contributed by atoms with van der Waals surface area (Å²) in [5.74, 6) is -0.915. The smallest absolute Gasteiger partial charge is 0.253 e. The van der Waals surface area contributed by atoms with Gasteiger partial charge in [-0.2, -0.15) is 0 Å². The summed E-state index contributed by atoms with van der Waals surface area (Å²) in [6, 6.07) is 1.58. The van der Waals surface area contributed by atoms with Gasteiger partial charge in [0.15, 0.2) is 0 Å². The van der Waals surface area contributed by atoms with Gasteiger partial charge < -0.3 is 10.5 Å². The Balaban J connectivity index is 3.03. The van der Waals surface area contributed by atoms with Crippen molar-refractivity contribution in [3.8, 4) is 0 Å². The van der Waals surface area contributed by atoms with Crippen molar-refractivity contribution in [1.29, 1.82) is 0 Å². The average Bonchev–Trinajstić information content (AvgIpc) is 2.54. The van der Waals surface area contributed by atoms with Gasteiger partial charge in [0, 0.05) is 24.2 Å². The molecule has 0 saturated carbocycles. The van der Waals surface area contributed by atoms with Crippen molar-refractivity contribution in [3.05, 3.63) is 40.2 Å². The zero-order valence-electron chi connectivity index (χ0n) is 12.8. The molecule has 3 unspecified atom stereocenters. The molecule has 0 spiro atoms. The van der Waals surface area contributed by atoms with Crippen LogP contribution in [0, 0.1) is 16.0 Å². The Morgan fingerprint density at radius 1 is 1.59 bits per heavy atom. The predicted molar refractivity (Wildman–Crippen MR) is 80.6 cm³/mol. The molecule has 1 heterocycles. The number of pyridine rings is 1. The van der Waals surface area contributed by atoms with E-state index in [9.17, 15) is 14.9 Å². The van der Waals surface area contributed by atoms with Gasteiger partial charge >= 0.3 is 0 Å². The second kappa shape index (κ2) is 8.06. The maximum atomic E-state index is 12.2. The van der Waals surface area contributed by atoms with E-state index in [1.807, 2.05) is 0 Å². The maximum absolute atomic E-state index is 12.2. The van der Waals surface area contributed by atoms with E-state index < -0.39 is 28.8 Å². The first kappa shape index (κ1) is 17.5. The van der Waals surface area contributed by atoms with Crippen molar-refractivity contribution in [2.45, 2.75) is 39.3 Å². The van der Waals surface area contributed by atoms with E-state index in [1.54, 1.807) is 25.3 Å². The molecule has 2 N–H and O–H groups in total. The lowest BCUT2D eigenvalue weighted by Crippen LogP contribution is -2.49. The third-order valence-electron chi connectivity index (χ3n) is 3.67. The summed E-state index contributed by atoms with van der Waals surface area (Å²) in [6.07, 6.45) is 3.39. The Hall–Kier alpha value is -2.51. The lowest BCUT2D eigenvalue weighted by molar-refractivity contribution is -0.528. The van der Waals surface area contributed by atoms with E-state index >= 15 is 0 Å². The molecule has 0 aliphatic rings. The molecule has 1 aromatic heterocycles. The molecule has 0 bridgehead atoms. The molecule has 22 heavy (non-hydrogen) atoms. The van der Waals surface area contributed by atoms with Gasteiger partial charge in [-0.1, -0.05) is 12.1 Å². The number of carbonyl (C=O) groups is 1. The van der Waals surface area contributed by atoms with Gasteiger partial charge in [-0.25, -0.2) is 0 Å². The largest absolute Gasteiger partial charge is 0.411 e. The molecule has 3 atom stereocenters. The van der Waals surface area contributed by atoms with Crippen LogP contribution in [0.4, 0.5) is 0 Å². The van der Waals surface area contributed by atoms with E-state index in [0.29, 0.717) is 12.0 Å². The van der Waals surface area contributed by atoms with Crippen LogP contribution in [0.3, 0.4) is 0 Å². The van der Waals surface area contributed by atoms with Crippen LogP contribution < -0.4 is 5.32 Å². The summed E-state index contributed by atoms with van der Waals surface area (Å²) in [4.78, 5) is 26.7. The highest BCUT2D eigenvalue weighted by Crippen LogP contribution is 2.18. The fourth-order valence-electron chi connectivity index (χ4n) is 2.32. The van der Waals surface area contributed by atoms with Crippen LogP contribution in [-0.2, 0) is 0 Å². The van der Waals surface area contributed by atoms with Gasteiger partial charge in [0.1, 0.15) is 0 Å². The number of hydrogen-bond acceptors (Lipinski definition) is 6. The fourth-order valence-corrected chi connectivity index (χ4v) is 2.32. The minimum atomic E-state index is -0.888. The van der Waals surface area contributed by atoms with E-state index in [4.69, 9.17) is 5.21 Å². The third-order valence-corrected chi connectivity index (χ3v) is 3.67. The molecule has 0 fully saturated rings. The highest BCUT2D eigenvalue weighted by atomic mass is 16.6. The van der Waals surface area contributed by atoms with Gasteiger partial charge in [0.05, 0.1) is 23.2 Å². The fraction of sp³-hybridized carbons (Fsp3) is 0.500. The van der Waals surface area contributed by atoms with Gasteiger partial charge in [-0.15, -0.1) is 0 Å². The van der Waals surface area contributed by atoms with Crippen LogP contribution in [0.1, 0.15) is 37.6 Å². The average molecular weight is 308 g/mol. The topological polar surface area (TPSA) is 118 Å². The summed E-state index contributed by atoms with van der Waals surface area (Å²) >= 11 is 0. The van der Waals surface area contributed by atoms with Crippen molar-refractivity contribution in [2.24, 2.45) is 11.1 Å². The van der Waals surface area contributed by atoms with Crippen molar-refractivity contribution >= 4 is 11.6 Å². The van der Waals surface area contributed by atoms with E-state index in [-0.39, 0.29) is 5.71 Å². The van der Waals surface area contributed by atoms with E-state index in [2.05, 4.69) is 15.5 Å². The molecule has 1 aromatic rings. The maximum Gasteiger partial charge on any atom is 0.253 e. The molecule has 8 nitrogen and oxygen atoms in total. The monoisotopic (exact) mass is 308 g/mol. The van der Waals surface area contributed by atoms with Crippen LogP contribution >= 0.6 is 0 Å². The molecule has 0 aliphatic heterocycles. The zero-order valence-corrected chi connectivity index (χ0v) is 12.8. The second-order valence-electron chi connectivity index (χ2n) is 5.03. The molecule has 0 radical (unpaired) electrons. The van der Waals surface area contributed by atoms with Crippen molar-refractivity contribution < 1.29 is 14.9 Å². The number of nitrogens with one attached hydrogen (secondary N) is 1. The Bertz CT molecular complexity index is 547. The van der Waals surface area contributed by atoms with Crippen molar-refractivity contribution in [2.75, 3.05) is 0 Å². The van der Waals surface area contributed by atoms with E-state index in [0.717, 1.165) is 0 Å². The number of nitro groups is 1. The van der Waals surface area contributed by atoms with Crippen LogP contribution in [0.25, 0.3) is 0 Å². The molecule has 8 heteroatoms. The Labute approximate surface area is 128 Å². The Kier molecular flexibility index (Phi) is 6.43. The van der Waals surface area contributed by atoms with Gasteiger partial charge in [0.2, 0.25) is 6.04 Å². The number of nitrogens with zero attached hydrogens (tertiary/aromatic N) is 3. The first-order chi connectivity index (χ1) is 10.4. The summed E-state index contributed by atoms with van der Waals surface area (Å²) in [7, 11) is 0. The molecule has 0 saturated heterocycles. The molecule has 1 amide bonds. The van der Waals surface area contributed by atoms with Crippen molar-refractivity contribution in [3.63, 3.8) is 0 Å². The zero-order chi connectivity index (χ0) is 16.7. The van der Waals surface area contributed by atoms with Gasteiger partial charge in [-0.3, -0.25) is 19.9 Å². The van der Waals surface area contributed by atoms with Gasteiger partial charge in [-0.05, 0) is 25.5 Å². The normalized spacial score (nSPS) is 15.7. The highest BCUT2D eigenvalue weighted by Gasteiger charge is 2.35. The summed E-state index contributed by atoms with van der Waals surface area (Å²) in [5, 5.41) is 25.9. The van der Waals surface area contributed by atoms with Crippen LogP contribution in [0.5, 0.6) is 0 Å². The van der Waals surface area contributed by atoms with E-state index in [1.165, 1.54) is 20.0 Å². The molecule has 0 aromatic carbocycles. The number of rotatable bonds is 7. The number of carbonyl (C=O) groups excluding carboxylic acids is 1. The van der Waals surface area contributed by atoms with Crippen LogP contribution in [-0.4, -0.2) is 38.8 Å². The first-order valence-electron chi connectivity index (χ1n) is 6.95. The first-order valence-corrected chi connectivity index (χ1v) is 6.95. The summed E-state index contributed by atoms with van der Waals surface area (Å²) in [6.45, 7) is 4.78. The molecular formula is C14H20N4O4. The van der Waals surface area contributed by atoms with Crippen molar-refractivity contribution in [1.82, 2.24) is 10.3 Å². The Morgan fingerprint density at radius 2 is 2.27 bits per heavy atom. The highest BCUT2D eigenvalue weighted by molar-refractivity contribution is 5.98. The molecule has 1 rings (SSSR count). The lowest BCUT2D eigenvalue weighted by Gasteiger charge is -2.27. The molecule has 120 valence electrons. The van der Waals surface area contributed by atoms with Crippen LogP contribution in [0.15, 0.2) is 29.7 Å². The summed E-state index contributed by atoms with van der Waals surface area (Å²) < 4.78 is 0. The lowest BCUT2D eigenvalue weighted by atomic mass is 9.87. The summed E-state index contributed by atoms with van der Waals surface area (Å²) in [5.41, 5.74) is 0.555. The molecule has 0 aliphatic carbocycles. The number of oxime groups is 1. The number of hydrogen-bond donors (Lipinski definition) is 2.